The van der Waals surface area contributed by atoms with Crippen LogP contribution in [0, 0.1) is 5.92 Å². The summed E-state index contributed by atoms with van der Waals surface area (Å²) in [6.07, 6.45) is 5.54. The van der Waals surface area contributed by atoms with Crippen LogP contribution in [0.2, 0.25) is 0 Å². The fourth-order valence-electron chi connectivity index (χ4n) is 4.30. The van der Waals surface area contributed by atoms with Gasteiger partial charge in [0.25, 0.3) is 0 Å². The van der Waals surface area contributed by atoms with Gasteiger partial charge >= 0.3 is 0 Å². The van der Waals surface area contributed by atoms with Crippen LogP contribution in [0.25, 0.3) is 0 Å². The molecule has 1 fully saturated rings. The van der Waals surface area contributed by atoms with Crippen LogP contribution in [0.3, 0.4) is 0 Å². The van der Waals surface area contributed by atoms with Crippen molar-refractivity contribution in [2.24, 2.45) is 5.92 Å². The van der Waals surface area contributed by atoms with E-state index in [2.05, 4.69) is 41.0 Å². The molecule has 0 amide bonds. The number of rotatable bonds is 6. The normalized spacial score (nSPS) is 24.3. The van der Waals surface area contributed by atoms with E-state index in [1.54, 1.807) is 0 Å². The van der Waals surface area contributed by atoms with Gasteiger partial charge in [0.1, 0.15) is 0 Å². The molecule has 2 aliphatic rings. The molecule has 0 bridgehead atoms. The highest BCUT2D eigenvalue weighted by Gasteiger charge is 2.38. The van der Waals surface area contributed by atoms with E-state index in [1.165, 1.54) is 17.7 Å². The number of hydrogen-bond acceptors (Lipinski definition) is 4. The second-order valence-electron chi connectivity index (χ2n) is 7.36. The maximum atomic E-state index is 9.09. The number of nitrogens with one attached hydrogen (secondary N) is 2. The minimum atomic E-state index is 0.177. The topological polar surface area (TPSA) is 53.5 Å². The molecule has 1 saturated heterocycles. The second-order valence-corrected chi connectivity index (χ2v) is 7.36. The van der Waals surface area contributed by atoms with Crippen molar-refractivity contribution < 1.29 is 9.84 Å². The number of hydrogen-bond donors (Lipinski definition) is 3. The van der Waals surface area contributed by atoms with Gasteiger partial charge in [-0.2, -0.15) is 0 Å². The van der Waals surface area contributed by atoms with Gasteiger partial charge in [-0.3, -0.25) is 0 Å². The Morgan fingerprint density at radius 1 is 1.08 bits per heavy atom. The number of para-hydroxylation sites is 1. The quantitative estimate of drug-likeness (QED) is 0.650. The van der Waals surface area contributed by atoms with Crippen molar-refractivity contribution in [2.75, 3.05) is 23.8 Å². The van der Waals surface area contributed by atoms with E-state index in [9.17, 15) is 0 Å². The summed E-state index contributed by atoms with van der Waals surface area (Å²) in [5.41, 5.74) is 4.66. The maximum absolute atomic E-state index is 9.09. The Morgan fingerprint density at radius 2 is 1.96 bits per heavy atom. The van der Waals surface area contributed by atoms with E-state index >= 15 is 0 Å². The van der Waals surface area contributed by atoms with Crippen molar-refractivity contribution in [3.05, 3.63) is 54.1 Å². The molecule has 3 atom stereocenters. The van der Waals surface area contributed by atoms with Crippen molar-refractivity contribution in [2.45, 2.75) is 44.2 Å². The Labute approximate surface area is 155 Å². The van der Waals surface area contributed by atoms with E-state index in [0.717, 1.165) is 43.7 Å². The number of anilines is 3. The molecule has 4 nitrogen and oxygen atoms in total. The minimum Gasteiger partial charge on any atom is -0.396 e. The smallest absolute Gasteiger partial charge is 0.0893 e. The van der Waals surface area contributed by atoms with Crippen molar-refractivity contribution in [1.82, 2.24) is 0 Å². The largest absolute Gasteiger partial charge is 0.396 e. The molecule has 138 valence electrons. The summed E-state index contributed by atoms with van der Waals surface area (Å²) in [6.45, 7) is 1.13. The lowest BCUT2D eigenvalue weighted by Gasteiger charge is -2.43. The number of ether oxygens (including phenoxy) is 1. The van der Waals surface area contributed by atoms with Crippen LogP contribution in [-0.4, -0.2) is 24.4 Å². The molecule has 4 rings (SSSR count). The second kappa shape index (κ2) is 8.11. The Balaban J connectivity index is 1.56. The molecule has 0 spiro atoms. The highest BCUT2D eigenvalue weighted by molar-refractivity contribution is 5.67. The molecule has 4 heteroatoms. The van der Waals surface area contributed by atoms with E-state index in [-0.39, 0.29) is 12.7 Å². The number of aliphatic hydroxyl groups excluding tert-OH is 1. The lowest BCUT2D eigenvalue weighted by molar-refractivity contribution is -0.0387. The maximum Gasteiger partial charge on any atom is 0.0893 e. The summed E-state index contributed by atoms with van der Waals surface area (Å²) in [5.74, 6) is 0.516. The fourth-order valence-corrected chi connectivity index (χ4v) is 4.30. The Bertz CT molecular complexity index is 719. The number of benzene rings is 2. The van der Waals surface area contributed by atoms with Crippen LogP contribution in [0.5, 0.6) is 0 Å². The van der Waals surface area contributed by atoms with Gasteiger partial charge < -0.3 is 20.5 Å². The molecular weight excluding hydrogens is 324 g/mol. The standard InChI is InChI=1S/C22H28N2O2/c25-13-5-4-10-20-18-9-6-14-26-22(18)19-15-17(11-12-21(19)24-20)23-16-7-2-1-3-8-16/h1-3,7-8,11-12,15,18,20,22-25H,4-6,9-10,13-14H2. The summed E-state index contributed by atoms with van der Waals surface area (Å²) in [5, 5.41) is 16.3. The molecule has 2 heterocycles. The molecule has 3 unspecified atom stereocenters. The molecule has 0 aromatic heterocycles. The summed E-state index contributed by atoms with van der Waals surface area (Å²) >= 11 is 0. The van der Waals surface area contributed by atoms with Gasteiger partial charge in [-0.25, -0.2) is 0 Å². The first-order chi connectivity index (χ1) is 12.8. The van der Waals surface area contributed by atoms with Crippen molar-refractivity contribution in [3.8, 4) is 0 Å². The molecule has 2 aromatic carbocycles. The lowest BCUT2D eigenvalue weighted by Crippen LogP contribution is -2.41. The molecule has 0 aliphatic carbocycles. The van der Waals surface area contributed by atoms with E-state index in [4.69, 9.17) is 9.84 Å². The van der Waals surface area contributed by atoms with E-state index < -0.39 is 0 Å². The molecule has 0 saturated carbocycles. The van der Waals surface area contributed by atoms with Crippen molar-refractivity contribution in [3.63, 3.8) is 0 Å². The Kier molecular flexibility index (Phi) is 5.42. The minimum absolute atomic E-state index is 0.177. The number of unbranched alkanes of at least 4 members (excludes halogenated alkanes) is 1. The van der Waals surface area contributed by atoms with Crippen LogP contribution in [0.15, 0.2) is 48.5 Å². The zero-order valence-electron chi connectivity index (χ0n) is 15.2. The summed E-state index contributed by atoms with van der Waals surface area (Å²) < 4.78 is 6.23. The summed E-state index contributed by atoms with van der Waals surface area (Å²) in [7, 11) is 0. The molecule has 0 radical (unpaired) electrons. The number of fused-ring (bicyclic) bond motifs is 3. The van der Waals surface area contributed by atoms with Gasteiger partial charge in [-0.1, -0.05) is 18.2 Å². The molecule has 2 aliphatic heterocycles. The first-order valence-electron chi connectivity index (χ1n) is 9.80. The first kappa shape index (κ1) is 17.4. The highest BCUT2D eigenvalue weighted by atomic mass is 16.5. The SMILES string of the molecule is OCCCCC1Nc2ccc(Nc3ccccc3)cc2C2OCCCC12. The summed E-state index contributed by atoms with van der Waals surface area (Å²) in [4.78, 5) is 0. The van der Waals surface area contributed by atoms with Gasteiger partial charge in [0.15, 0.2) is 0 Å². The van der Waals surface area contributed by atoms with Gasteiger partial charge in [0.05, 0.1) is 6.10 Å². The molecule has 3 N–H and O–H groups in total. The van der Waals surface area contributed by atoms with Gasteiger partial charge in [0, 0.05) is 47.8 Å². The van der Waals surface area contributed by atoms with E-state index in [1.807, 2.05) is 18.2 Å². The number of aliphatic hydroxyl groups is 1. The van der Waals surface area contributed by atoms with E-state index in [0.29, 0.717) is 12.0 Å². The molecule has 2 aromatic rings. The van der Waals surface area contributed by atoms with Crippen molar-refractivity contribution in [1.29, 1.82) is 0 Å². The zero-order chi connectivity index (χ0) is 17.8. The first-order valence-corrected chi connectivity index (χ1v) is 9.80. The van der Waals surface area contributed by atoms with Gasteiger partial charge in [0.2, 0.25) is 0 Å². The predicted molar refractivity (Wildman–Crippen MR) is 106 cm³/mol. The van der Waals surface area contributed by atoms with Crippen LogP contribution < -0.4 is 10.6 Å². The van der Waals surface area contributed by atoms with Crippen LogP contribution in [0.1, 0.15) is 43.8 Å². The zero-order valence-corrected chi connectivity index (χ0v) is 15.2. The third-order valence-electron chi connectivity index (χ3n) is 5.57. The third kappa shape index (κ3) is 3.71. The molecular formula is C22H28N2O2. The molecule has 26 heavy (non-hydrogen) atoms. The predicted octanol–water partition coefficient (Wildman–Crippen LogP) is 4.85. The Morgan fingerprint density at radius 3 is 2.81 bits per heavy atom. The van der Waals surface area contributed by atoms with Crippen LogP contribution >= 0.6 is 0 Å². The monoisotopic (exact) mass is 352 g/mol. The summed E-state index contributed by atoms with van der Waals surface area (Å²) in [6, 6.07) is 17.2. The van der Waals surface area contributed by atoms with Gasteiger partial charge in [-0.05, 0) is 62.4 Å². The van der Waals surface area contributed by atoms with Crippen LogP contribution in [0.4, 0.5) is 17.1 Å². The van der Waals surface area contributed by atoms with Crippen molar-refractivity contribution >= 4 is 17.1 Å². The van der Waals surface area contributed by atoms with Crippen LogP contribution in [-0.2, 0) is 4.74 Å². The van der Waals surface area contributed by atoms with Gasteiger partial charge in [-0.15, -0.1) is 0 Å². The average Bonchev–Trinajstić information content (AvgIpc) is 2.69. The Hall–Kier alpha value is -2.04. The third-order valence-corrected chi connectivity index (χ3v) is 5.57. The average molecular weight is 352 g/mol. The highest BCUT2D eigenvalue weighted by Crippen LogP contribution is 2.45. The lowest BCUT2D eigenvalue weighted by atomic mass is 9.78. The fraction of sp³-hybridized carbons (Fsp3) is 0.455.